The molecule has 1 aliphatic carbocycles. The monoisotopic (exact) mass is 674 g/mol. The van der Waals surface area contributed by atoms with E-state index in [-0.39, 0.29) is 5.41 Å². The maximum absolute atomic E-state index is 4.88. The molecule has 246 valence electrons. The molecule has 0 aliphatic heterocycles. The molecule has 0 N–H and O–H groups in total. The zero-order chi connectivity index (χ0) is 34.4. The van der Waals surface area contributed by atoms with Gasteiger partial charge >= 0.3 is 0 Å². The van der Waals surface area contributed by atoms with Crippen LogP contribution in [0.25, 0.3) is 54.2 Å². The Hall–Kier alpha value is -5.77. The molecule has 0 radical (unpaired) electrons. The number of nitrogens with zero attached hydrogens (tertiary/aromatic N) is 2. The van der Waals surface area contributed by atoms with Crippen LogP contribution in [-0.2, 0) is 5.41 Å². The number of para-hydroxylation sites is 3. The van der Waals surface area contributed by atoms with Crippen LogP contribution in [-0.4, -0.2) is 4.98 Å². The summed E-state index contributed by atoms with van der Waals surface area (Å²) < 4.78 is 1.23. The topological polar surface area (TPSA) is 16.1 Å². The van der Waals surface area contributed by atoms with Gasteiger partial charge in [0.05, 0.1) is 10.2 Å². The second kappa shape index (κ2) is 12.8. The molecular weight excluding hydrogens is 637 g/mol. The quantitative estimate of drug-likeness (QED) is 0.159. The summed E-state index contributed by atoms with van der Waals surface area (Å²) in [7, 11) is 0. The molecule has 2 nitrogen and oxygen atoms in total. The lowest BCUT2D eigenvalue weighted by Crippen LogP contribution is -2.23. The first-order valence-electron chi connectivity index (χ1n) is 17.9. The molecule has 1 aromatic heterocycles. The third kappa shape index (κ3) is 5.37. The van der Waals surface area contributed by atoms with Crippen molar-refractivity contribution < 1.29 is 0 Å². The molecule has 0 unspecified atom stereocenters. The van der Waals surface area contributed by atoms with Crippen LogP contribution in [0.15, 0.2) is 170 Å². The molecule has 9 rings (SSSR count). The van der Waals surface area contributed by atoms with Gasteiger partial charge < -0.3 is 4.90 Å². The Bertz CT molecular complexity index is 2400. The summed E-state index contributed by atoms with van der Waals surface area (Å²) in [6.07, 6.45) is 2.10. The van der Waals surface area contributed by atoms with E-state index in [2.05, 4.69) is 189 Å². The third-order valence-electron chi connectivity index (χ3n) is 10.8. The van der Waals surface area contributed by atoms with Crippen LogP contribution in [0.5, 0.6) is 0 Å². The Morgan fingerprint density at radius 3 is 1.45 bits per heavy atom. The molecule has 0 saturated carbocycles. The Kier molecular flexibility index (Phi) is 7.86. The first kappa shape index (κ1) is 31.2. The predicted octanol–water partition coefficient (Wildman–Crippen LogP) is 13.9. The number of fused-ring (bicyclic) bond motifs is 4. The van der Waals surface area contributed by atoms with E-state index < -0.39 is 0 Å². The van der Waals surface area contributed by atoms with Gasteiger partial charge in [-0.25, -0.2) is 4.98 Å². The number of anilines is 3. The standard InChI is InChI=1S/C48H38N2S/c1-3-48(4-2)43-31-36(33-19-21-35(22-20-33)47-49-45-17-11-12-18-46(45)51-47)25-29-41(43)42-30-26-37(32-44(42)48)34-23-27-40(28-24-34)50(38-13-7-5-8-14-38)39-15-9-6-10-16-39/h5-32H,3-4H2,1-2H3. The number of aromatic nitrogens is 1. The number of thiazole rings is 1. The lowest BCUT2D eigenvalue weighted by Gasteiger charge is -2.30. The summed E-state index contributed by atoms with van der Waals surface area (Å²) in [5.41, 5.74) is 16.2. The molecule has 0 saturated heterocycles. The van der Waals surface area contributed by atoms with Crippen molar-refractivity contribution in [2.45, 2.75) is 32.1 Å². The van der Waals surface area contributed by atoms with Crippen LogP contribution in [0.3, 0.4) is 0 Å². The number of rotatable bonds is 8. The Morgan fingerprint density at radius 2 is 0.922 bits per heavy atom. The van der Waals surface area contributed by atoms with Gasteiger partial charge in [-0.1, -0.05) is 123 Å². The summed E-state index contributed by atoms with van der Waals surface area (Å²) in [4.78, 5) is 7.19. The summed E-state index contributed by atoms with van der Waals surface area (Å²) in [5, 5.41) is 1.07. The van der Waals surface area contributed by atoms with Crippen molar-refractivity contribution in [2.75, 3.05) is 4.90 Å². The maximum atomic E-state index is 4.88. The molecule has 51 heavy (non-hydrogen) atoms. The highest BCUT2D eigenvalue weighted by Gasteiger charge is 2.40. The van der Waals surface area contributed by atoms with Gasteiger partial charge in [0.1, 0.15) is 5.01 Å². The molecule has 0 amide bonds. The minimum absolute atomic E-state index is 0.0328. The Morgan fingerprint density at radius 1 is 0.471 bits per heavy atom. The van der Waals surface area contributed by atoms with Crippen molar-refractivity contribution in [2.24, 2.45) is 0 Å². The second-order valence-corrected chi connectivity index (χ2v) is 14.5. The summed E-state index contributed by atoms with van der Waals surface area (Å²) >= 11 is 1.75. The number of hydrogen-bond acceptors (Lipinski definition) is 3. The van der Waals surface area contributed by atoms with Crippen molar-refractivity contribution >= 4 is 38.6 Å². The summed E-state index contributed by atoms with van der Waals surface area (Å²) in [6, 6.07) is 61.8. The smallest absolute Gasteiger partial charge is 0.124 e. The van der Waals surface area contributed by atoms with Crippen molar-refractivity contribution in [1.29, 1.82) is 0 Å². The van der Waals surface area contributed by atoms with Gasteiger partial charge in [-0.3, -0.25) is 0 Å². The van der Waals surface area contributed by atoms with Crippen molar-refractivity contribution in [3.8, 4) is 44.0 Å². The van der Waals surface area contributed by atoms with Crippen molar-refractivity contribution in [3.05, 3.63) is 181 Å². The minimum atomic E-state index is -0.0328. The highest BCUT2D eigenvalue weighted by Crippen LogP contribution is 2.54. The van der Waals surface area contributed by atoms with Crippen LogP contribution < -0.4 is 4.90 Å². The largest absolute Gasteiger partial charge is 0.311 e. The highest BCUT2D eigenvalue weighted by atomic mass is 32.1. The van der Waals surface area contributed by atoms with E-state index in [1.165, 1.54) is 54.8 Å². The summed E-state index contributed by atoms with van der Waals surface area (Å²) in [5.74, 6) is 0. The molecule has 8 aromatic rings. The van der Waals surface area contributed by atoms with E-state index >= 15 is 0 Å². The van der Waals surface area contributed by atoms with Gasteiger partial charge in [0, 0.05) is 28.0 Å². The van der Waals surface area contributed by atoms with E-state index in [1.54, 1.807) is 11.3 Å². The lowest BCUT2D eigenvalue weighted by molar-refractivity contribution is 0.491. The van der Waals surface area contributed by atoms with E-state index in [4.69, 9.17) is 4.98 Å². The highest BCUT2D eigenvalue weighted by molar-refractivity contribution is 7.21. The molecule has 7 aromatic carbocycles. The average molecular weight is 675 g/mol. The first-order valence-corrected chi connectivity index (χ1v) is 18.7. The van der Waals surface area contributed by atoms with E-state index in [9.17, 15) is 0 Å². The van der Waals surface area contributed by atoms with Gasteiger partial charge in [-0.15, -0.1) is 11.3 Å². The first-order chi connectivity index (χ1) is 25.1. The van der Waals surface area contributed by atoms with Gasteiger partial charge in [0.25, 0.3) is 0 Å². The van der Waals surface area contributed by atoms with E-state index in [0.717, 1.165) is 40.4 Å². The van der Waals surface area contributed by atoms with Gasteiger partial charge in [0.2, 0.25) is 0 Å². The fourth-order valence-corrected chi connectivity index (χ4v) is 9.04. The maximum Gasteiger partial charge on any atom is 0.124 e. The van der Waals surface area contributed by atoms with Crippen LogP contribution in [0.1, 0.15) is 37.8 Å². The van der Waals surface area contributed by atoms with Crippen molar-refractivity contribution in [3.63, 3.8) is 0 Å². The van der Waals surface area contributed by atoms with Crippen molar-refractivity contribution in [1.82, 2.24) is 4.98 Å². The zero-order valence-corrected chi connectivity index (χ0v) is 29.7. The molecule has 1 heterocycles. The average Bonchev–Trinajstić information content (AvgIpc) is 3.76. The number of hydrogen-bond donors (Lipinski definition) is 0. The van der Waals surface area contributed by atoms with Crippen LogP contribution >= 0.6 is 11.3 Å². The second-order valence-electron chi connectivity index (χ2n) is 13.4. The normalized spacial score (nSPS) is 12.8. The molecule has 3 heteroatoms. The predicted molar refractivity (Wildman–Crippen MR) is 217 cm³/mol. The van der Waals surface area contributed by atoms with Crippen LogP contribution in [0, 0.1) is 0 Å². The molecule has 0 atom stereocenters. The van der Waals surface area contributed by atoms with Gasteiger partial charge in [-0.2, -0.15) is 0 Å². The molecule has 0 spiro atoms. The van der Waals surface area contributed by atoms with Crippen LogP contribution in [0.2, 0.25) is 0 Å². The lowest BCUT2D eigenvalue weighted by atomic mass is 9.73. The Balaban J connectivity index is 1.04. The van der Waals surface area contributed by atoms with Gasteiger partial charge in [-0.05, 0) is 118 Å². The van der Waals surface area contributed by atoms with E-state index in [1.807, 2.05) is 0 Å². The zero-order valence-electron chi connectivity index (χ0n) is 28.9. The molecule has 0 bridgehead atoms. The van der Waals surface area contributed by atoms with E-state index in [0.29, 0.717) is 0 Å². The molecular formula is C48H38N2S. The SMILES string of the molecule is CCC1(CC)c2cc(-c3ccc(-c4nc5ccccc5s4)cc3)ccc2-c2ccc(-c3ccc(N(c4ccccc4)c4ccccc4)cc3)cc21. The summed E-state index contributed by atoms with van der Waals surface area (Å²) in [6.45, 7) is 4.70. The fraction of sp³-hybridized carbons (Fsp3) is 0.104. The molecule has 1 aliphatic rings. The fourth-order valence-electron chi connectivity index (χ4n) is 8.07. The third-order valence-corrected chi connectivity index (χ3v) is 11.9. The minimum Gasteiger partial charge on any atom is -0.311 e. The number of benzene rings is 7. The molecule has 0 fully saturated rings. The van der Waals surface area contributed by atoms with Gasteiger partial charge in [0.15, 0.2) is 0 Å². The van der Waals surface area contributed by atoms with Crippen LogP contribution in [0.4, 0.5) is 17.1 Å². The Labute approximate surface area is 304 Å².